The van der Waals surface area contributed by atoms with Crippen LogP contribution in [0.4, 0.5) is 5.69 Å². The second kappa shape index (κ2) is 7.45. The number of thiophene rings is 1. The second-order valence-corrected chi connectivity index (χ2v) is 7.60. The van der Waals surface area contributed by atoms with Gasteiger partial charge in [0.1, 0.15) is 11.9 Å². The van der Waals surface area contributed by atoms with E-state index in [0.29, 0.717) is 6.54 Å². The average Bonchev–Trinajstić information content (AvgIpc) is 3.13. The minimum Gasteiger partial charge on any atom is -0.497 e. The number of carbonyl (C=O) groups excluding carboxylic acids is 1. The lowest BCUT2D eigenvalue weighted by molar-refractivity contribution is 0.0688. The zero-order valence-electron chi connectivity index (χ0n) is 15.4. The monoisotopic (exact) mass is 378 g/mol. The Bertz CT molecular complexity index is 949. The van der Waals surface area contributed by atoms with E-state index in [2.05, 4.69) is 35.8 Å². The largest absolute Gasteiger partial charge is 0.497 e. The number of carbonyl (C=O) groups is 1. The molecule has 1 atom stereocenters. The molecule has 0 saturated carbocycles. The quantitative estimate of drug-likeness (QED) is 0.688. The van der Waals surface area contributed by atoms with Gasteiger partial charge in [-0.15, -0.1) is 11.3 Å². The molecular weight excluding hydrogens is 356 g/mol. The Labute approximate surface area is 163 Å². The van der Waals surface area contributed by atoms with Crippen LogP contribution in [0.1, 0.15) is 32.5 Å². The molecule has 0 radical (unpaired) electrons. The van der Waals surface area contributed by atoms with Gasteiger partial charge in [-0.25, -0.2) is 0 Å². The van der Waals surface area contributed by atoms with Gasteiger partial charge in [-0.3, -0.25) is 4.79 Å². The summed E-state index contributed by atoms with van der Waals surface area (Å²) in [4.78, 5) is 16.4. The van der Waals surface area contributed by atoms with Crippen molar-refractivity contribution >= 4 is 22.9 Å². The highest BCUT2D eigenvalue weighted by molar-refractivity contribution is 7.10. The number of rotatable bonds is 5. The molecule has 0 aliphatic carbocycles. The van der Waals surface area contributed by atoms with Crippen molar-refractivity contribution in [1.29, 1.82) is 0 Å². The Morgan fingerprint density at radius 3 is 2.59 bits per heavy atom. The van der Waals surface area contributed by atoms with Crippen LogP contribution in [0.5, 0.6) is 5.75 Å². The van der Waals surface area contributed by atoms with E-state index in [4.69, 9.17) is 4.74 Å². The third-order valence-corrected chi connectivity index (χ3v) is 6.04. The first kappa shape index (κ1) is 17.6. The molecule has 1 aliphatic heterocycles. The zero-order valence-corrected chi connectivity index (χ0v) is 16.3. The first-order chi connectivity index (χ1) is 13.2. The Hall–Kier alpha value is -2.79. The molecule has 0 spiro atoms. The summed E-state index contributed by atoms with van der Waals surface area (Å²) in [7, 11) is 1.67. The predicted molar refractivity (Wildman–Crippen MR) is 110 cm³/mol. The van der Waals surface area contributed by atoms with E-state index in [-0.39, 0.29) is 12.1 Å². The van der Waals surface area contributed by atoms with Crippen molar-refractivity contribution in [3.05, 3.63) is 81.5 Å². The maximum Gasteiger partial charge on any atom is 0.257 e. The highest BCUT2D eigenvalue weighted by Gasteiger charge is 2.33. The number of nitrogens with one attached hydrogen (secondary N) is 1. The molecule has 0 saturated heterocycles. The van der Waals surface area contributed by atoms with Gasteiger partial charge in [-0.1, -0.05) is 24.3 Å². The lowest BCUT2D eigenvalue weighted by Gasteiger charge is -2.38. The number of hydrogen-bond donors (Lipinski definition) is 1. The van der Waals surface area contributed by atoms with E-state index < -0.39 is 0 Å². The zero-order chi connectivity index (χ0) is 18.8. The van der Waals surface area contributed by atoms with E-state index >= 15 is 0 Å². The molecule has 0 unspecified atom stereocenters. The summed E-state index contributed by atoms with van der Waals surface area (Å²) < 4.78 is 5.23. The van der Waals surface area contributed by atoms with Gasteiger partial charge in [0, 0.05) is 12.2 Å². The van der Waals surface area contributed by atoms with Crippen molar-refractivity contribution in [3.63, 3.8) is 0 Å². The molecule has 1 amide bonds. The number of fused-ring (bicyclic) bond motifs is 1. The van der Waals surface area contributed by atoms with Crippen molar-refractivity contribution in [3.8, 4) is 5.75 Å². The molecule has 27 heavy (non-hydrogen) atoms. The number of benzene rings is 2. The topological polar surface area (TPSA) is 41.6 Å². The Morgan fingerprint density at radius 2 is 1.89 bits per heavy atom. The van der Waals surface area contributed by atoms with Crippen LogP contribution in [0.3, 0.4) is 0 Å². The molecule has 5 heteroatoms. The van der Waals surface area contributed by atoms with Crippen LogP contribution >= 0.6 is 11.3 Å². The van der Waals surface area contributed by atoms with Crippen LogP contribution in [0, 0.1) is 6.92 Å². The van der Waals surface area contributed by atoms with Crippen LogP contribution in [-0.4, -0.2) is 24.5 Å². The van der Waals surface area contributed by atoms with Crippen molar-refractivity contribution < 1.29 is 9.53 Å². The lowest BCUT2D eigenvalue weighted by atomic mass is 10.0. The molecule has 138 valence electrons. The number of aryl methyl sites for hydroxylation is 1. The molecule has 1 aromatic heterocycles. The number of para-hydroxylation sites is 1. The van der Waals surface area contributed by atoms with E-state index in [1.807, 2.05) is 41.3 Å². The maximum absolute atomic E-state index is 13.2. The summed E-state index contributed by atoms with van der Waals surface area (Å²) in [6.45, 7) is 2.74. The molecule has 2 aromatic carbocycles. The molecule has 3 aromatic rings. The van der Waals surface area contributed by atoms with Gasteiger partial charge in [0.15, 0.2) is 0 Å². The summed E-state index contributed by atoms with van der Waals surface area (Å²) in [5.41, 5.74) is 4.03. The smallest absolute Gasteiger partial charge is 0.257 e. The molecule has 1 N–H and O–H groups in total. The maximum atomic E-state index is 13.2. The van der Waals surface area contributed by atoms with Gasteiger partial charge >= 0.3 is 0 Å². The summed E-state index contributed by atoms with van der Waals surface area (Å²) in [5, 5.41) is 5.65. The fraction of sp³-hybridized carbons (Fsp3) is 0.227. The standard InChI is InChI=1S/C22H22N2O2S/c1-15-12-14-27-20(15)21-23-19-6-4-3-5-18(19)22(25)24(21)13-11-16-7-9-17(26-2)10-8-16/h3-10,12,14,21,23H,11,13H2,1-2H3/t21-/m0/s1. The molecule has 0 fully saturated rings. The molecular formula is C22H22N2O2S. The number of hydrogen-bond acceptors (Lipinski definition) is 4. The number of ether oxygens (including phenoxy) is 1. The fourth-order valence-corrected chi connectivity index (χ4v) is 4.42. The number of amides is 1. The Morgan fingerprint density at radius 1 is 1.11 bits per heavy atom. The number of anilines is 1. The summed E-state index contributed by atoms with van der Waals surface area (Å²) in [6.07, 6.45) is 0.659. The molecule has 2 heterocycles. The second-order valence-electron chi connectivity index (χ2n) is 6.66. The van der Waals surface area contributed by atoms with E-state index in [1.54, 1.807) is 18.4 Å². The van der Waals surface area contributed by atoms with Crippen LogP contribution < -0.4 is 10.1 Å². The van der Waals surface area contributed by atoms with E-state index in [0.717, 1.165) is 23.4 Å². The van der Waals surface area contributed by atoms with Gasteiger partial charge in [0.25, 0.3) is 5.91 Å². The lowest BCUT2D eigenvalue weighted by Crippen LogP contribution is -2.43. The normalized spacial score (nSPS) is 16.0. The van der Waals surface area contributed by atoms with Crippen LogP contribution in [0.2, 0.25) is 0 Å². The number of nitrogens with zero attached hydrogens (tertiary/aromatic N) is 1. The Kier molecular flexibility index (Phi) is 4.86. The molecule has 0 bridgehead atoms. The third-order valence-electron chi connectivity index (χ3n) is 4.97. The summed E-state index contributed by atoms with van der Waals surface area (Å²) in [6, 6.07) is 17.9. The minimum absolute atomic E-state index is 0.0793. The highest BCUT2D eigenvalue weighted by atomic mass is 32.1. The van der Waals surface area contributed by atoms with Gasteiger partial charge in [0.2, 0.25) is 0 Å². The molecule has 4 rings (SSSR count). The fourth-order valence-electron chi connectivity index (χ4n) is 3.44. The van der Waals surface area contributed by atoms with Crippen molar-refractivity contribution in [2.75, 3.05) is 19.0 Å². The van der Waals surface area contributed by atoms with Crippen LogP contribution in [0.25, 0.3) is 0 Å². The van der Waals surface area contributed by atoms with Gasteiger partial charge in [0.05, 0.1) is 17.6 Å². The SMILES string of the molecule is COc1ccc(CCN2C(=O)c3ccccc3N[C@@H]2c2sccc2C)cc1. The minimum atomic E-state index is -0.134. The van der Waals surface area contributed by atoms with E-state index in [1.165, 1.54) is 16.0 Å². The van der Waals surface area contributed by atoms with Crippen LogP contribution in [-0.2, 0) is 6.42 Å². The number of methoxy groups -OCH3 is 1. The van der Waals surface area contributed by atoms with Crippen molar-refractivity contribution in [2.45, 2.75) is 19.5 Å². The third kappa shape index (κ3) is 3.43. The first-order valence-corrected chi connectivity index (χ1v) is 9.89. The van der Waals surface area contributed by atoms with Crippen molar-refractivity contribution in [2.24, 2.45) is 0 Å². The van der Waals surface area contributed by atoms with Crippen molar-refractivity contribution in [1.82, 2.24) is 4.90 Å². The highest BCUT2D eigenvalue weighted by Crippen LogP contribution is 2.36. The Balaban J connectivity index is 1.62. The van der Waals surface area contributed by atoms with Crippen LogP contribution in [0.15, 0.2) is 60.0 Å². The summed E-state index contributed by atoms with van der Waals surface area (Å²) >= 11 is 1.69. The van der Waals surface area contributed by atoms with Gasteiger partial charge in [-0.2, -0.15) is 0 Å². The summed E-state index contributed by atoms with van der Waals surface area (Å²) in [5.74, 6) is 0.922. The molecule has 4 nitrogen and oxygen atoms in total. The van der Waals surface area contributed by atoms with Gasteiger partial charge < -0.3 is 15.0 Å². The van der Waals surface area contributed by atoms with E-state index in [9.17, 15) is 4.79 Å². The predicted octanol–water partition coefficient (Wildman–Crippen LogP) is 4.87. The molecule has 1 aliphatic rings. The first-order valence-electron chi connectivity index (χ1n) is 9.01. The average molecular weight is 378 g/mol. The van der Waals surface area contributed by atoms with Gasteiger partial charge in [-0.05, 0) is 60.2 Å².